The number of hydrogen-bond donors (Lipinski definition) is 1. The summed E-state index contributed by atoms with van der Waals surface area (Å²) in [5.41, 5.74) is 1.60. The van der Waals surface area contributed by atoms with Gasteiger partial charge in [0.1, 0.15) is 10.4 Å². The molecule has 126 valence electrons. The van der Waals surface area contributed by atoms with E-state index in [4.69, 9.17) is 12.2 Å². The number of aliphatic carboxylic acids is 1. The monoisotopic (exact) mass is 370 g/mol. The third-order valence-electron chi connectivity index (χ3n) is 3.67. The first-order valence-electron chi connectivity index (χ1n) is 7.50. The van der Waals surface area contributed by atoms with Gasteiger partial charge in [0.25, 0.3) is 5.91 Å². The Kier molecular flexibility index (Phi) is 5.25. The van der Waals surface area contributed by atoms with Gasteiger partial charge in [-0.1, -0.05) is 60.4 Å². The second-order valence-electron chi connectivity index (χ2n) is 5.38. The first-order valence-corrected chi connectivity index (χ1v) is 8.72. The molecule has 1 aromatic carbocycles. The highest BCUT2D eigenvalue weighted by Crippen LogP contribution is 2.34. The minimum Gasteiger partial charge on any atom is -0.480 e. The smallest absolute Gasteiger partial charge is 0.327 e. The van der Waals surface area contributed by atoms with Crippen molar-refractivity contribution in [2.75, 3.05) is 0 Å². The number of carbonyl (C=O) groups excluding carboxylic acids is 1. The molecule has 0 unspecified atom stereocenters. The fraction of sp³-hybridized carbons (Fsp3) is 0.111. The van der Waals surface area contributed by atoms with Gasteiger partial charge in [-0.25, -0.2) is 4.79 Å². The summed E-state index contributed by atoms with van der Waals surface area (Å²) >= 11 is 6.38. The van der Waals surface area contributed by atoms with Crippen molar-refractivity contribution in [1.82, 2.24) is 9.88 Å². The van der Waals surface area contributed by atoms with Gasteiger partial charge in [0.2, 0.25) is 0 Å². The molecule has 1 aliphatic rings. The number of thiocarbonyl (C=S) groups is 1. The van der Waals surface area contributed by atoms with Crippen LogP contribution in [0.15, 0.2) is 59.8 Å². The van der Waals surface area contributed by atoms with Crippen LogP contribution in [0.5, 0.6) is 0 Å². The average Bonchev–Trinajstić information content (AvgIpc) is 2.88. The predicted octanol–water partition coefficient (Wildman–Crippen LogP) is 2.98. The zero-order chi connectivity index (χ0) is 17.8. The second kappa shape index (κ2) is 7.58. The van der Waals surface area contributed by atoms with E-state index >= 15 is 0 Å². The molecule has 1 amide bonds. The van der Waals surface area contributed by atoms with Crippen molar-refractivity contribution in [1.29, 1.82) is 0 Å². The van der Waals surface area contributed by atoms with Crippen LogP contribution in [0.4, 0.5) is 0 Å². The fourth-order valence-corrected chi connectivity index (χ4v) is 3.84. The molecule has 1 aliphatic heterocycles. The molecule has 25 heavy (non-hydrogen) atoms. The second-order valence-corrected chi connectivity index (χ2v) is 7.06. The normalized spacial score (nSPS) is 17.1. The molecule has 1 fully saturated rings. The summed E-state index contributed by atoms with van der Waals surface area (Å²) in [5.74, 6) is -1.47. The number of hydrogen-bond acceptors (Lipinski definition) is 5. The Morgan fingerprint density at radius 3 is 2.68 bits per heavy atom. The lowest BCUT2D eigenvalue weighted by atomic mass is 10.0. The number of aromatic nitrogens is 1. The molecule has 5 nitrogen and oxygen atoms in total. The SMILES string of the molecule is O=C(O)[C@@H](Cc1ccccc1)N1C(=O)/C(=C\c2cccnc2)SC1=S. The van der Waals surface area contributed by atoms with Crippen LogP contribution in [0.3, 0.4) is 0 Å². The van der Waals surface area contributed by atoms with Crippen LogP contribution in [0, 0.1) is 0 Å². The zero-order valence-corrected chi connectivity index (χ0v) is 14.7. The van der Waals surface area contributed by atoms with Crippen molar-refractivity contribution in [3.8, 4) is 0 Å². The first kappa shape index (κ1) is 17.3. The third kappa shape index (κ3) is 3.94. The van der Waals surface area contributed by atoms with Gasteiger partial charge in [-0.05, 0) is 23.3 Å². The molecule has 0 saturated carbocycles. The van der Waals surface area contributed by atoms with Crippen LogP contribution in [-0.4, -0.2) is 37.2 Å². The number of rotatable bonds is 5. The van der Waals surface area contributed by atoms with E-state index in [-0.39, 0.29) is 16.6 Å². The summed E-state index contributed by atoms with van der Waals surface area (Å²) in [6, 6.07) is 11.7. The highest BCUT2D eigenvalue weighted by Gasteiger charge is 2.40. The quantitative estimate of drug-likeness (QED) is 0.645. The first-order chi connectivity index (χ1) is 12.1. The Hall–Kier alpha value is -2.51. The molecular weight excluding hydrogens is 356 g/mol. The zero-order valence-electron chi connectivity index (χ0n) is 13.0. The summed E-state index contributed by atoms with van der Waals surface area (Å²) in [4.78, 5) is 30.1. The van der Waals surface area contributed by atoms with E-state index in [1.165, 1.54) is 4.90 Å². The largest absolute Gasteiger partial charge is 0.480 e. The van der Waals surface area contributed by atoms with E-state index < -0.39 is 12.0 Å². The van der Waals surface area contributed by atoms with Gasteiger partial charge in [-0.2, -0.15) is 0 Å². The fourth-order valence-electron chi connectivity index (χ4n) is 2.49. The van der Waals surface area contributed by atoms with Crippen LogP contribution in [-0.2, 0) is 16.0 Å². The van der Waals surface area contributed by atoms with Crippen LogP contribution < -0.4 is 0 Å². The maximum absolute atomic E-state index is 12.7. The predicted molar refractivity (Wildman–Crippen MR) is 101 cm³/mol. The summed E-state index contributed by atoms with van der Waals surface area (Å²) in [5, 5.41) is 9.61. The van der Waals surface area contributed by atoms with E-state index in [2.05, 4.69) is 4.98 Å². The molecule has 2 aromatic rings. The Labute approximate surface area is 154 Å². The van der Waals surface area contributed by atoms with Crippen molar-refractivity contribution in [3.05, 3.63) is 70.9 Å². The standard InChI is InChI=1S/C18H14N2O3S2/c21-16-15(10-13-7-4-8-19-11-13)25-18(24)20(16)14(17(22)23)9-12-5-2-1-3-6-12/h1-8,10-11,14H,9H2,(H,22,23)/b15-10+/t14-/m1/s1. The maximum atomic E-state index is 12.7. The maximum Gasteiger partial charge on any atom is 0.327 e. The molecule has 1 saturated heterocycles. The van der Waals surface area contributed by atoms with Gasteiger partial charge >= 0.3 is 5.97 Å². The number of carboxylic acid groups (broad SMARTS) is 1. The Balaban J connectivity index is 1.87. The van der Waals surface area contributed by atoms with Crippen molar-refractivity contribution in [2.45, 2.75) is 12.5 Å². The number of pyridine rings is 1. The van der Waals surface area contributed by atoms with Crippen molar-refractivity contribution >= 4 is 46.3 Å². The highest BCUT2D eigenvalue weighted by molar-refractivity contribution is 8.26. The van der Waals surface area contributed by atoms with Gasteiger partial charge in [0, 0.05) is 18.8 Å². The van der Waals surface area contributed by atoms with Crippen LogP contribution in [0.1, 0.15) is 11.1 Å². The molecule has 0 radical (unpaired) electrons. The lowest BCUT2D eigenvalue weighted by molar-refractivity contribution is -0.145. The number of thioether (sulfide) groups is 1. The summed E-state index contributed by atoms with van der Waals surface area (Å²) in [6.07, 6.45) is 5.14. The van der Waals surface area contributed by atoms with Crippen LogP contribution >= 0.6 is 24.0 Å². The molecule has 1 N–H and O–H groups in total. The molecule has 0 bridgehead atoms. The molecule has 0 aliphatic carbocycles. The average molecular weight is 370 g/mol. The lowest BCUT2D eigenvalue weighted by Crippen LogP contribution is -2.45. The van der Waals surface area contributed by atoms with E-state index in [1.807, 2.05) is 36.4 Å². The van der Waals surface area contributed by atoms with Gasteiger partial charge in [0.05, 0.1) is 4.91 Å². The van der Waals surface area contributed by atoms with E-state index in [1.54, 1.807) is 24.5 Å². The number of nitrogens with zero attached hydrogens (tertiary/aromatic N) is 2. The summed E-state index contributed by atoms with van der Waals surface area (Å²) in [7, 11) is 0. The van der Waals surface area contributed by atoms with Crippen molar-refractivity contribution in [3.63, 3.8) is 0 Å². The molecule has 7 heteroatoms. The molecule has 0 spiro atoms. The minimum absolute atomic E-state index is 0.197. The van der Waals surface area contributed by atoms with Crippen molar-refractivity contribution in [2.24, 2.45) is 0 Å². The molecular formula is C18H14N2O3S2. The molecule has 1 aromatic heterocycles. The number of carboxylic acids is 1. The van der Waals surface area contributed by atoms with Gasteiger partial charge in [-0.15, -0.1) is 0 Å². The van der Waals surface area contributed by atoms with Crippen LogP contribution in [0.25, 0.3) is 6.08 Å². The van der Waals surface area contributed by atoms with Crippen molar-refractivity contribution < 1.29 is 14.7 Å². The number of amides is 1. The lowest BCUT2D eigenvalue weighted by Gasteiger charge is -2.23. The number of benzene rings is 1. The Bertz CT molecular complexity index is 838. The number of carbonyl (C=O) groups is 2. The van der Waals surface area contributed by atoms with E-state index in [0.717, 1.165) is 22.9 Å². The minimum atomic E-state index is -1.08. The topological polar surface area (TPSA) is 70.5 Å². The molecule has 1 atom stereocenters. The highest BCUT2D eigenvalue weighted by atomic mass is 32.2. The van der Waals surface area contributed by atoms with Crippen LogP contribution in [0.2, 0.25) is 0 Å². The Morgan fingerprint density at radius 1 is 1.28 bits per heavy atom. The van der Waals surface area contributed by atoms with E-state index in [0.29, 0.717) is 4.91 Å². The summed E-state index contributed by atoms with van der Waals surface area (Å²) < 4.78 is 0.253. The van der Waals surface area contributed by atoms with E-state index in [9.17, 15) is 14.7 Å². The van der Waals surface area contributed by atoms with Gasteiger partial charge in [-0.3, -0.25) is 14.7 Å². The van der Waals surface area contributed by atoms with Gasteiger partial charge < -0.3 is 5.11 Å². The van der Waals surface area contributed by atoms with Gasteiger partial charge in [0.15, 0.2) is 0 Å². The summed E-state index contributed by atoms with van der Waals surface area (Å²) in [6.45, 7) is 0. The molecule has 3 rings (SSSR count). The molecule has 2 heterocycles. The Morgan fingerprint density at radius 2 is 2.04 bits per heavy atom. The third-order valence-corrected chi connectivity index (χ3v) is 5.00.